The lowest BCUT2D eigenvalue weighted by molar-refractivity contribution is 0.430. The Morgan fingerprint density at radius 2 is 2.04 bits per heavy atom. The second-order valence-electron chi connectivity index (χ2n) is 6.08. The number of hydrogen-bond acceptors (Lipinski definition) is 6. The molecule has 0 spiro atoms. The number of aromatic hydroxyl groups is 1. The van der Waals surface area contributed by atoms with Crippen LogP contribution in [0.25, 0.3) is 5.69 Å². The highest BCUT2D eigenvalue weighted by molar-refractivity contribution is 7.16. The van der Waals surface area contributed by atoms with E-state index in [0.717, 1.165) is 34.3 Å². The molecule has 0 bridgehead atoms. The van der Waals surface area contributed by atoms with E-state index in [1.165, 1.54) is 17.6 Å². The van der Waals surface area contributed by atoms with Gasteiger partial charge < -0.3 is 5.11 Å². The van der Waals surface area contributed by atoms with Gasteiger partial charge in [0.15, 0.2) is 0 Å². The second kappa shape index (κ2) is 6.70. The van der Waals surface area contributed by atoms with Crippen molar-refractivity contribution in [3.05, 3.63) is 72.7 Å². The molecule has 0 saturated heterocycles. The molecule has 1 aliphatic carbocycles. The number of H-pyrrole nitrogens is 1. The Balaban J connectivity index is 1.82. The number of fused-ring (bicyclic) bond motifs is 1. The molecule has 1 aliphatic rings. The van der Waals surface area contributed by atoms with Crippen molar-refractivity contribution in [3.8, 4) is 17.6 Å². The first-order chi connectivity index (χ1) is 13.1. The maximum atomic E-state index is 12.2. The fourth-order valence-corrected chi connectivity index (χ4v) is 4.37. The van der Waals surface area contributed by atoms with E-state index in [0.29, 0.717) is 16.3 Å². The highest BCUT2D eigenvalue weighted by Crippen LogP contribution is 2.40. The molecule has 3 aromatic rings. The number of aryl methyl sites for hydroxylation is 1. The third-order valence-electron chi connectivity index (χ3n) is 4.46. The van der Waals surface area contributed by atoms with Gasteiger partial charge in [-0.1, -0.05) is 18.2 Å². The zero-order valence-corrected chi connectivity index (χ0v) is 14.9. The lowest BCUT2D eigenvalue weighted by Crippen LogP contribution is -2.31. The van der Waals surface area contributed by atoms with Gasteiger partial charge in [-0.15, -0.1) is 11.3 Å². The second-order valence-corrected chi connectivity index (χ2v) is 7.16. The Morgan fingerprint density at radius 1 is 1.26 bits per heavy atom. The van der Waals surface area contributed by atoms with Gasteiger partial charge in [0.25, 0.3) is 5.56 Å². The van der Waals surface area contributed by atoms with Gasteiger partial charge >= 0.3 is 5.69 Å². The van der Waals surface area contributed by atoms with Crippen LogP contribution in [0.4, 0.5) is 5.00 Å². The number of aliphatic imine (C=N–C) groups is 1. The third-order valence-corrected chi connectivity index (χ3v) is 5.66. The molecule has 0 fully saturated rings. The lowest BCUT2D eigenvalue weighted by Gasteiger charge is -2.09. The number of rotatable bonds is 3. The standard InChI is InChI=1S/C19H14N4O3S/c20-9-13-12-7-4-8-15(12)27-17(13)21-10-14-16(24)22-19(26)23(18(14)25)11-5-2-1-3-6-11/h1-3,5-6,10,25H,4,7-8H2,(H,22,24,26)/b21-10+. The van der Waals surface area contributed by atoms with Gasteiger partial charge in [-0.3, -0.25) is 9.78 Å². The number of nitriles is 1. The van der Waals surface area contributed by atoms with E-state index in [4.69, 9.17) is 0 Å². The summed E-state index contributed by atoms with van der Waals surface area (Å²) in [5, 5.41) is 20.5. The summed E-state index contributed by atoms with van der Waals surface area (Å²) < 4.78 is 1.00. The van der Waals surface area contributed by atoms with Crippen LogP contribution in [0.1, 0.15) is 28.0 Å². The van der Waals surface area contributed by atoms with Crippen LogP contribution in [0, 0.1) is 11.3 Å². The molecule has 134 valence electrons. The number of thiophene rings is 1. The van der Waals surface area contributed by atoms with Crippen LogP contribution in [0.15, 0.2) is 44.9 Å². The van der Waals surface area contributed by atoms with Crippen LogP contribution in [-0.2, 0) is 12.8 Å². The van der Waals surface area contributed by atoms with E-state index in [1.54, 1.807) is 30.3 Å². The molecule has 27 heavy (non-hydrogen) atoms. The summed E-state index contributed by atoms with van der Waals surface area (Å²) in [7, 11) is 0. The van der Waals surface area contributed by atoms with Crippen molar-refractivity contribution in [2.75, 3.05) is 0 Å². The number of para-hydroxylation sites is 1. The molecule has 2 heterocycles. The largest absolute Gasteiger partial charge is 0.493 e. The number of aromatic amines is 1. The Bertz CT molecular complexity index is 1210. The van der Waals surface area contributed by atoms with Crippen LogP contribution in [0.2, 0.25) is 0 Å². The van der Waals surface area contributed by atoms with Gasteiger partial charge in [0.1, 0.15) is 16.6 Å². The number of benzene rings is 1. The topological polar surface area (TPSA) is 111 Å². The first kappa shape index (κ1) is 17.0. The quantitative estimate of drug-likeness (QED) is 0.682. The minimum Gasteiger partial charge on any atom is -0.493 e. The van der Waals surface area contributed by atoms with Crippen LogP contribution >= 0.6 is 11.3 Å². The Hall–Kier alpha value is -3.44. The minimum absolute atomic E-state index is 0.143. The van der Waals surface area contributed by atoms with Crippen LogP contribution in [-0.4, -0.2) is 20.9 Å². The smallest absolute Gasteiger partial charge is 0.335 e. The van der Waals surface area contributed by atoms with Crippen LogP contribution < -0.4 is 11.2 Å². The molecule has 0 radical (unpaired) electrons. The average molecular weight is 378 g/mol. The summed E-state index contributed by atoms with van der Waals surface area (Å²) in [6, 6.07) is 10.7. The zero-order chi connectivity index (χ0) is 19.0. The molecule has 2 aromatic heterocycles. The molecule has 7 nitrogen and oxygen atoms in total. The maximum Gasteiger partial charge on any atom is 0.335 e. The van der Waals surface area contributed by atoms with Gasteiger partial charge in [-0.2, -0.15) is 5.26 Å². The maximum absolute atomic E-state index is 12.2. The van der Waals surface area contributed by atoms with E-state index in [1.807, 2.05) is 0 Å². The Labute approximate surface area is 157 Å². The number of nitrogens with zero attached hydrogens (tertiary/aromatic N) is 3. The van der Waals surface area contributed by atoms with Gasteiger partial charge in [-0.25, -0.2) is 14.4 Å². The monoisotopic (exact) mass is 378 g/mol. The molecule has 2 N–H and O–H groups in total. The molecule has 8 heteroatoms. The summed E-state index contributed by atoms with van der Waals surface area (Å²) in [5.41, 5.74) is 0.345. The van der Waals surface area contributed by atoms with Gasteiger partial charge in [0.2, 0.25) is 5.88 Å². The normalized spacial score (nSPS) is 13.0. The summed E-state index contributed by atoms with van der Waals surface area (Å²) in [4.78, 5) is 31.9. The van der Waals surface area contributed by atoms with Crippen molar-refractivity contribution in [1.82, 2.24) is 9.55 Å². The number of nitrogens with one attached hydrogen (secondary N) is 1. The average Bonchev–Trinajstić information content (AvgIpc) is 3.22. The van der Waals surface area contributed by atoms with E-state index >= 15 is 0 Å². The SMILES string of the molecule is N#Cc1c(/N=C/c2c(O)n(-c3ccccc3)c(=O)[nH]c2=O)sc2c1CCC2. The fourth-order valence-electron chi connectivity index (χ4n) is 3.19. The van der Waals surface area contributed by atoms with Crippen LogP contribution in [0.3, 0.4) is 0 Å². The molecule has 0 aliphatic heterocycles. The summed E-state index contributed by atoms with van der Waals surface area (Å²) >= 11 is 1.43. The Kier molecular flexibility index (Phi) is 4.22. The highest BCUT2D eigenvalue weighted by Gasteiger charge is 2.22. The van der Waals surface area contributed by atoms with Gasteiger partial charge in [0, 0.05) is 11.1 Å². The number of aromatic nitrogens is 2. The van der Waals surface area contributed by atoms with Crippen molar-refractivity contribution in [1.29, 1.82) is 5.26 Å². The van der Waals surface area contributed by atoms with E-state index in [2.05, 4.69) is 16.0 Å². The van der Waals surface area contributed by atoms with Crippen molar-refractivity contribution in [3.63, 3.8) is 0 Å². The summed E-state index contributed by atoms with van der Waals surface area (Å²) in [6.45, 7) is 0. The fraction of sp³-hybridized carbons (Fsp3) is 0.158. The predicted octanol–water partition coefficient (Wildman–Crippen LogP) is 2.40. The van der Waals surface area contributed by atoms with Crippen molar-refractivity contribution < 1.29 is 5.11 Å². The van der Waals surface area contributed by atoms with E-state index in [-0.39, 0.29) is 5.56 Å². The first-order valence-electron chi connectivity index (χ1n) is 8.32. The Morgan fingerprint density at radius 3 is 2.78 bits per heavy atom. The molecule has 1 aromatic carbocycles. The lowest BCUT2D eigenvalue weighted by atomic mass is 10.1. The van der Waals surface area contributed by atoms with Crippen molar-refractivity contribution in [2.24, 2.45) is 4.99 Å². The van der Waals surface area contributed by atoms with E-state index < -0.39 is 17.1 Å². The highest BCUT2D eigenvalue weighted by atomic mass is 32.1. The van der Waals surface area contributed by atoms with Crippen LogP contribution in [0.5, 0.6) is 5.88 Å². The summed E-state index contributed by atoms with van der Waals surface area (Å²) in [6.07, 6.45) is 4.01. The molecular formula is C19H14N4O3S. The number of hydrogen-bond donors (Lipinski definition) is 2. The van der Waals surface area contributed by atoms with Gasteiger partial charge in [0.05, 0.1) is 11.3 Å². The molecule has 0 unspecified atom stereocenters. The first-order valence-corrected chi connectivity index (χ1v) is 9.14. The van der Waals surface area contributed by atoms with E-state index in [9.17, 15) is 20.0 Å². The van der Waals surface area contributed by atoms with Gasteiger partial charge in [-0.05, 0) is 37.0 Å². The molecule has 0 saturated carbocycles. The van der Waals surface area contributed by atoms with Crippen molar-refractivity contribution in [2.45, 2.75) is 19.3 Å². The molecule has 4 rings (SSSR count). The molecular weight excluding hydrogens is 364 g/mol. The minimum atomic E-state index is -0.742. The zero-order valence-electron chi connectivity index (χ0n) is 14.1. The molecule has 0 amide bonds. The molecule has 0 atom stereocenters. The van der Waals surface area contributed by atoms with Crippen molar-refractivity contribution >= 4 is 22.6 Å². The predicted molar refractivity (Wildman–Crippen MR) is 103 cm³/mol. The third kappa shape index (κ3) is 2.88. The summed E-state index contributed by atoms with van der Waals surface area (Å²) in [5.74, 6) is -0.499.